The maximum Gasteiger partial charge on any atom is 0.150 e. The fourth-order valence-electron chi connectivity index (χ4n) is 4.62. The highest BCUT2D eigenvalue weighted by Gasteiger charge is 2.50. The molecule has 1 heterocycles. The smallest absolute Gasteiger partial charge is 0.150 e. The van der Waals surface area contributed by atoms with Crippen LogP contribution in [-0.4, -0.2) is 18.9 Å². The van der Waals surface area contributed by atoms with E-state index in [1.807, 2.05) is 6.07 Å². The lowest BCUT2D eigenvalue weighted by Crippen LogP contribution is -2.58. The summed E-state index contributed by atoms with van der Waals surface area (Å²) in [5.74, 6) is 0.709. The van der Waals surface area contributed by atoms with Crippen LogP contribution in [-0.2, 0) is 11.8 Å². The van der Waals surface area contributed by atoms with Crippen LogP contribution in [0.15, 0.2) is 30.4 Å². The summed E-state index contributed by atoms with van der Waals surface area (Å²) in [5.41, 5.74) is 3.80. The van der Waals surface area contributed by atoms with Gasteiger partial charge in [-0.05, 0) is 49.3 Å². The van der Waals surface area contributed by atoms with Gasteiger partial charge in [0.2, 0.25) is 0 Å². The monoisotopic (exact) mass is 253 g/mol. The van der Waals surface area contributed by atoms with E-state index in [2.05, 4.69) is 29.6 Å². The highest BCUT2D eigenvalue weighted by molar-refractivity contribution is 5.79. The van der Waals surface area contributed by atoms with Crippen molar-refractivity contribution in [2.24, 2.45) is 5.92 Å². The zero-order chi connectivity index (χ0) is 12.9. The number of piperidine rings is 1. The molecule has 0 unspecified atom stereocenters. The van der Waals surface area contributed by atoms with E-state index in [9.17, 15) is 4.79 Å². The van der Waals surface area contributed by atoms with Crippen LogP contribution in [0.3, 0.4) is 0 Å². The SMILES string of the molecule is O=Cc1cccc2c1C[C@H]1NCC[C@@]23C=CCC[C@@H]13. The minimum Gasteiger partial charge on any atom is -0.313 e. The molecule has 19 heavy (non-hydrogen) atoms. The number of carbonyl (C=O) groups is 1. The zero-order valence-corrected chi connectivity index (χ0v) is 11.1. The molecular weight excluding hydrogens is 234 g/mol. The molecule has 3 atom stereocenters. The minimum absolute atomic E-state index is 0.195. The van der Waals surface area contributed by atoms with Crippen molar-refractivity contribution < 1.29 is 4.79 Å². The van der Waals surface area contributed by atoms with Crippen molar-refractivity contribution in [3.8, 4) is 0 Å². The Morgan fingerprint density at radius 2 is 2.32 bits per heavy atom. The molecule has 1 fully saturated rings. The summed E-state index contributed by atoms with van der Waals surface area (Å²) in [5, 5.41) is 3.69. The quantitative estimate of drug-likeness (QED) is 0.616. The van der Waals surface area contributed by atoms with Gasteiger partial charge in [0.15, 0.2) is 0 Å². The van der Waals surface area contributed by atoms with Crippen molar-refractivity contribution in [3.05, 3.63) is 47.0 Å². The molecule has 1 aliphatic heterocycles. The Balaban J connectivity index is 1.98. The molecule has 1 aromatic rings. The fourth-order valence-corrected chi connectivity index (χ4v) is 4.62. The molecule has 98 valence electrons. The van der Waals surface area contributed by atoms with Gasteiger partial charge in [-0.15, -0.1) is 0 Å². The van der Waals surface area contributed by atoms with Crippen LogP contribution >= 0.6 is 0 Å². The van der Waals surface area contributed by atoms with Crippen molar-refractivity contribution in [3.63, 3.8) is 0 Å². The maximum absolute atomic E-state index is 11.3. The summed E-state index contributed by atoms with van der Waals surface area (Å²) >= 11 is 0. The molecule has 1 N–H and O–H groups in total. The first-order chi connectivity index (χ1) is 9.35. The van der Waals surface area contributed by atoms with Gasteiger partial charge >= 0.3 is 0 Å². The fraction of sp³-hybridized carbons (Fsp3) is 0.471. The number of carbonyl (C=O) groups excluding carboxylic acids is 1. The predicted octanol–water partition coefficient (Wildman–Crippen LogP) is 2.62. The molecule has 2 bridgehead atoms. The lowest BCUT2D eigenvalue weighted by atomic mass is 9.55. The average Bonchev–Trinajstić information content (AvgIpc) is 2.46. The summed E-state index contributed by atoms with van der Waals surface area (Å²) in [6.45, 7) is 1.09. The number of rotatable bonds is 1. The Morgan fingerprint density at radius 3 is 3.21 bits per heavy atom. The molecule has 0 spiro atoms. The lowest BCUT2D eigenvalue weighted by Gasteiger charge is -2.53. The molecule has 0 radical (unpaired) electrons. The standard InChI is InChI=1S/C17H19NO/c19-11-12-4-3-6-14-13(12)10-16-15-5-1-2-7-17(14,15)8-9-18-16/h2-4,6-7,11,15-16,18H,1,5,8-10H2/t15-,16+,17-/m0/s1. The second-order valence-electron chi connectivity index (χ2n) is 6.13. The van der Waals surface area contributed by atoms with Crippen molar-refractivity contribution in [1.29, 1.82) is 0 Å². The Bertz CT molecular complexity index is 562. The maximum atomic E-state index is 11.3. The van der Waals surface area contributed by atoms with Crippen LogP contribution < -0.4 is 5.32 Å². The Morgan fingerprint density at radius 1 is 1.37 bits per heavy atom. The van der Waals surface area contributed by atoms with E-state index in [0.29, 0.717) is 12.0 Å². The molecule has 0 aromatic heterocycles. The van der Waals surface area contributed by atoms with E-state index in [4.69, 9.17) is 0 Å². The summed E-state index contributed by atoms with van der Waals surface area (Å²) < 4.78 is 0. The lowest BCUT2D eigenvalue weighted by molar-refractivity contribution is 0.111. The Hall–Kier alpha value is -1.41. The van der Waals surface area contributed by atoms with Crippen LogP contribution in [0.2, 0.25) is 0 Å². The highest BCUT2D eigenvalue weighted by atomic mass is 16.1. The van der Waals surface area contributed by atoms with Gasteiger partial charge in [-0.1, -0.05) is 30.4 Å². The minimum atomic E-state index is 0.195. The molecule has 1 aromatic carbocycles. The topological polar surface area (TPSA) is 29.1 Å². The molecule has 3 aliphatic rings. The van der Waals surface area contributed by atoms with Crippen molar-refractivity contribution in [1.82, 2.24) is 5.32 Å². The molecule has 4 rings (SSSR count). The number of allylic oxidation sites excluding steroid dienone is 2. The first kappa shape index (κ1) is 11.4. The highest BCUT2D eigenvalue weighted by Crippen LogP contribution is 2.51. The van der Waals surface area contributed by atoms with Gasteiger partial charge in [-0.25, -0.2) is 0 Å². The Labute approximate surface area is 113 Å². The normalized spacial score (nSPS) is 35.4. The Kier molecular flexibility index (Phi) is 2.43. The number of nitrogens with one attached hydrogen (secondary N) is 1. The number of aldehydes is 1. The van der Waals surface area contributed by atoms with Crippen LogP contribution in [0.1, 0.15) is 40.7 Å². The second-order valence-corrected chi connectivity index (χ2v) is 6.13. The third-order valence-corrected chi connectivity index (χ3v) is 5.42. The molecule has 2 nitrogen and oxygen atoms in total. The third kappa shape index (κ3) is 1.44. The third-order valence-electron chi connectivity index (χ3n) is 5.42. The number of benzene rings is 1. The van der Waals surface area contributed by atoms with E-state index in [1.165, 1.54) is 30.4 Å². The summed E-state index contributed by atoms with van der Waals surface area (Å²) in [6.07, 6.45) is 10.5. The molecule has 2 heteroatoms. The van der Waals surface area contributed by atoms with Gasteiger partial charge in [-0.2, -0.15) is 0 Å². The number of hydrogen-bond acceptors (Lipinski definition) is 2. The zero-order valence-electron chi connectivity index (χ0n) is 11.1. The molecular formula is C17H19NO. The predicted molar refractivity (Wildman–Crippen MR) is 75.5 cm³/mol. The molecule has 0 saturated carbocycles. The van der Waals surface area contributed by atoms with Crippen molar-refractivity contribution >= 4 is 6.29 Å². The largest absolute Gasteiger partial charge is 0.313 e. The van der Waals surface area contributed by atoms with Gasteiger partial charge in [0, 0.05) is 17.0 Å². The van der Waals surface area contributed by atoms with Crippen LogP contribution in [0.4, 0.5) is 0 Å². The number of fused-ring (bicyclic) bond motifs is 1. The first-order valence-corrected chi connectivity index (χ1v) is 7.34. The molecule has 2 aliphatic carbocycles. The van der Waals surface area contributed by atoms with Gasteiger partial charge < -0.3 is 5.32 Å². The second kappa shape index (κ2) is 4.04. The number of hydrogen-bond donors (Lipinski definition) is 1. The van der Waals surface area contributed by atoms with Crippen LogP contribution in [0.25, 0.3) is 0 Å². The van der Waals surface area contributed by atoms with Crippen molar-refractivity contribution in [2.45, 2.75) is 37.1 Å². The van der Waals surface area contributed by atoms with Gasteiger partial charge in [0.1, 0.15) is 6.29 Å². The van der Waals surface area contributed by atoms with E-state index in [-0.39, 0.29) is 5.41 Å². The van der Waals surface area contributed by atoms with Crippen LogP contribution in [0.5, 0.6) is 0 Å². The van der Waals surface area contributed by atoms with Crippen LogP contribution in [0, 0.1) is 5.92 Å². The van der Waals surface area contributed by atoms with Gasteiger partial charge in [0.05, 0.1) is 0 Å². The van der Waals surface area contributed by atoms with E-state index in [0.717, 1.165) is 24.8 Å². The summed E-state index contributed by atoms with van der Waals surface area (Å²) in [7, 11) is 0. The van der Waals surface area contributed by atoms with E-state index >= 15 is 0 Å². The summed E-state index contributed by atoms with van der Waals surface area (Å²) in [6, 6.07) is 6.82. The van der Waals surface area contributed by atoms with Crippen molar-refractivity contribution in [2.75, 3.05) is 6.54 Å². The van der Waals surface area contributed by atoms with Gasteiger partial charge in [0.25, 0.3) is 0 Å². The van der Waals surface area contributed by atoms with Gasteiger partial charge in [-0.3, -0.25) is 4.79 Å². The van der Waals surface area contributed by atoms with E-state index < -0.39 is 0 Å². The summed E-state index contributed by atoms with van der Waals surface area (Å²) in [4.78, 5) is 11.3. The van der Waals surface area contributed by atoms with E-state index in [1.54, 1.807) is 0 Å². The molecule has 0 amide bonds. The first-order valence-electron chi connectivity index (χ1n) is 7.34. The average molecular weight is 253 g/mol. The molecule has 1 saturated heterocycles.